The van der Waals surface area contributed by atoms with E-state index in [9.17, 15) is 14.0 Å². The number of carbonyl (C=O) groups excluding carboxylic acids is 2. The van der Waals surface area contributed by atoms with Crippen LogP contribution in [0.3, 0.4) is 0 Å². The van der Waals surface area contributed by atoms with E-state index >= 15 is 0 Å². The van der Waals surface area contributed by atoms with E-state index in [4.69, 9.17) is 16.4 Å². The molecule has 0 aliphatic carbocycles. The smallest absolute Gasteiger partial charge is 0.252 e. The molecule has 2 N–H and O–H groups in total. The van der Waals surface area contributed by atoms with E-state index in [0.717, 1.165) is 0 Å². The molecule has 0 saturated carbocycles. The Hall–Kier alpha value is -4.57. The third-order valence-corrected chi connectivity index (χ3v) is 4.85. The fourth-order valence-electron chi connectivity index (χ4n) is 3.39. The molecule has 162 valence electrons. The minimum Gasteiger partial charge on any atom is -0.341 e. The molecular weight excluding hydrogens is 419 g/mol. The van der Waals surface area contributed by atoms with E-state index in [1.54, 1.807) is 48.5 Å². The third-order valence-electron chi connectivity index (χ3n) is 4.85. The van der Waals surface area contributed by atoms with Crippen molar-refractivity contribution in [1.82, 2.24) is 15.3 Å². The Labute approximate surface area is 189 Å². The van der Waals surface area contributed by atoms with Gasteiger partial charge in [0.1, 0.15) is 5.82 Å². The Kier molecular flexibility index (Phi) is 6.09. The predicted molar refractivity (Wildman–Crippen MR) is 126 cm³/mol. The molecule has 1 heterocycles. The van der Waals surface area contributed by atoms with Crippen molar-refractivity contribution in [3.8, 4) is 34.9 Å². The molecule has 0 spiro atoms. The molecule has 0 saturated heterocycles. The van der Waals surface area contributed by atoms with Crippen molar-refractivity contribution in [2.75, 3.05) is 11.9 Å². The highest BCUT2D eigenvalue weighted by Crippen LogP contribution is 2.32. The highest BCUT2D eigenvalue weighted by atomic mass is 19.1. The summed E-state index contributed by atoms with van der Waals surface area (Å²) >= 11 is 0. The van der Waals surface area contributed by atoms with Crippen LogP contribution in [0, 0.1) is 18.2 Å². The van der Waals surface area contributed by atoms with Crippen molar-refractivity contribution in [1.29, 1.82) is 0 Å². The lowest BCUT2D eigenvalue weighted by Crippen LogP contribution is -2.23. The molecule has 4 aromatic rings. The first kappa shape index (κ1) is 21.7. The Morgan fingerprint density at radius 3 is 2.39 bits per heavy atom. The summed E-state index contributed by atoms with van der Waals surface area (Å²) in [5.74, 6) is 1.50. The first-order valence-electron chi connectivity index (χ1n) is 10.1. The first-order valence-corrected chi connectivity index (χ1v) is 10.1. The van der Waals surface area contributed by atoms with Crippen LogP contribution in [0.1, 0.15) is 17.3 Å². The second-order valence-corrected chi connectivity index (χ2v) is 7.28. The Morgan fingerprint density at radius 2 is 1.67 bits per heavy atom. The molecule has 3 aromatic carbocycles. The van der Waals surface area contributed by atoms with Crippen LogP contribution in [0.5, 0.6) is 0 Å². The number of anilines is 1. The molecule has 0 aliphatic rings. The minimum absolute atomic E-state index is 0.118. The molecular formula is C26H19FN4O2. The molecule has 0 bridgehead atoms. The van der Waals surface area contributed by atoms with Gasteiger partial charge in [0.05, 0.1) is 29.0 Å². The van der Waals surface area contributed by atoms with E-state index in [1.807, 2.05) is 6.07 Å². The zero-order valence-corrected chi connectivity index (χ0v) is 17.7. The lowest BCUT2D eigenvalue weighted by molar-refractivity contribution is -0.114. The summed E-state index contributed by atoms with van der Waals surface area (Å²) in [7, 11) is 0. The van der Waals surface area contributed by atoms with Gasteiger partial charge < -0.3 is 10.6 Å². The summed E-state index contributed by atoms with van der Waals surface area (Å²) < 4.78 is 13.5. The van der Waals surface area contributed by atoms with Gasteiger partial charge in [-0.3, -0.25) is 9.59 Å². The monoisotopic (exact) mass is 438 g/mol. The van der Waals surface area contributed by atoms with Crippen LogP contribution in [-0.4, -0.2) is 28.3 Å². The van der Waals surface area contributed by atoms with Crippen molar-refractivity contribution < 1.29 is 14.0 Å². The Bertz CT molecular complexity index is 1410. The van der Waals surface area contributed by atoms with Crippen LogP contribution >= 0.6 is 0 Å². The molecule has 2 amide bonds. The number of hydrogen-bond donors (Lipinski definition) is 2. The highest BCUT2D eigenvalue weighted by Gasteiger charge is 2.15. The number of amides is 2. The van der Waals surface area contributed by atoms with Gasteiger partial charge in [0.15, 0.2) is 0 Å². The number of nitrogens with one attached hydrogen (secondary N) is 2. The number of benzene rings is 3. The number of carbonyl (C=O) groups is 2. The molecule has 0 fully saturated rings. The topological polar surface area (TPSA) is 84.0 Å². The SMILES string of the molecule is C#CCNC(=O)c1ccc2nc(-c3ccc(F)cc3)c(-c3cccc(NC(C)=O)c3)nc2c1. The van der Waals surface area contributed by atoms with Gasteiger partial charge in [0, 0.05) is 29.3 Å². The largest absolute Gasteiger partial charge is 0.341 e. The van der Waals surface area contributed by atoms with Crippen molar-refractivity contribution in [2.24, 2.45) is 0 Å². The molecule has 0 unspecified atom stereocenters. The molecule has 4 rings (SSSR count). The van der Waals surface area contributed by atoms with Crippen LogP contribution in [-0.2, 0) is 4.79 Å². The lowest BCUT2D eigenvalue weighted by atomic mass is 10.0. The van der Waals surface area contributed by atoms with Crippen molar-refractivity contribution in [2.45, 2.75) is 6.92 Å². The number of rotatable bonds is 5. The molecule has 0 aliphatic heterocycles. The maximum absolute atomic E-state index is 13.5. The number of nitrogens with zero attached hydrogens (tertiary/aromatic N) is 2. The van der Waals surface area contributed by atoms with Gasteiger partial charge in [-0.1, -0.05) is 18.1 Å². The van der Waals surface area contributed by atoms with Crippen molar-refractivity contribution in [3.05, 3.63) is 78.1 Å². The maximum atomic E-state index is 13.5. The summed E-state index contributed by atoms with van der Waals surface area (Å²) in [5, 5.41) is 5.39. The summed E-state index contributed by atoms with van der Waals surface area (Å²) in [6, 6.07) is 18.2. The van der Waals surface area contributed by atoms with Gasteiger partial charge in [0.2, 0.25) is 5.91 Å². The van der Waals surface area contributed by atoms with Crippen LogP contribution in [0.2, 0.25) is 0 Å². The summed E-state index contributed by atoms with van der Waals surface area (Å²) in [5.41, 5.74) is 4.56. The van der Waals surface area contributed by atoms with Gasteiger partial charge in [-0.05, 0) is 54.6 Å². The molecule has 0 atom stereocenters. The molecule has 6 nitrogen and oxygen atoms in total. The van der Waals surface area contributed by atoms with E-state index < -0.39 is 0 Å². The molecule has 7 heteroatoms. The van der Waals surface area contributed by atoms with Crippen LogP contribution < -0.4 is 10.6 Å². The molecule has 1 aromatic heterocycles. The number of fused-ring (bicyclic) bond motifs is 1. The fraction of sp³-hybridized carbons (Fsp3) is 0.0769. The molecule has 33 heavy (non-hydrogen) atoms. The van der Waals surface area contributed by atoms with E-state index in [1.165, 1.54) is 19.1 Å². The molecule has 0 radical (unpaired) electrons. The Balaban J connectivity index is 1.89. The Morgan fingerprint density at radius 1 is 0.939 bits per heavy atom. The van der Waals surface area contributed by atoms with Crippen LogP contribution in [0.15, 0.2) is 66.7 Å². The number of terminal acetylenes is 1. The normalized spacial score (nSPS) is 10.5. The number of aromatic nitrogens is 2. The maximum Gasteiger partial charge on any atom is 0.252 e. The quantitative estimate of drug-likeness (QED) is 0.452. The highest BCUT2D eigenvalue weighted by molar-refractivity contribution is 5.98. The number of hydrogen-bond acceptors (Lipinski definition) is 4. The third kappa shape index (κ3) is 4.86. The zero-order valence-electron chi connectivity index (χ0n) is 17.7. The standard InChI is InChI=1S/C26H19FN4O2/c1-3-13-28-26(33)19-9-12-22-23(15-19)31-25(18-5-4-6-21(14-18)29-16(2)32)24(30-22)17-7-10-20(27)11-8-17/h1,4-12,14-15H,13H2,2H3,(H,28,33)(H,29,32). The van der Waals surface area contributed by atoms with E-state index in [0.29, 0.717) is 44.8 Å². The first-order chi connectivity index (χ1) is 15.9. The van der Waals surface area contributed by atoms with E-state index in [2.05, 4.69) is 16.6 Å². The second kappa shape index (κ2) is 9.28. The van der Waals surface area contributed by atoms with Gasteiger partial charge in [0.25, 0.3) is 5.91 Å². The van der Waals surface area contributed by atoms with Crippen molar-refractivity contribution in [3.63, 3.8) is 0 Å². The summed E-state index contributed by atoms with van der Waals surface area (Å²) in [6.07, 6.45) is 5.22. The van der Waals surface area contributed by atoms with Gasteiger partial charge >= 0.3 is 0 Å². The van der Waals surface area contributed by atoms with Crippen LogP contribution in [0.4, 0.5) is 10.1 Å². The second-order valence-electron chi connectivity index (χ2n) is 7.28. The summed E-state index contributed by atoms with van der Waals surface area (Å²) in [4.78, 5) is 33.4. The van der Waals surface area contributed by atoms with E-state index in [-0.39, 0.29) is 24.2 Å². The van der Waals surface area contributed by atoms with Crippen LogP contribution in [0.25, 0.3) is 33.5 Å². The summed E-state index contributed by atoms with van der Waals surface area (Å²) in [6.45, 7) is 1.55. The average molecular weight is 438 g/mol. The fourth-order valence-corrected chi connectivity index (χ4v) is 3.39. The van der Waals surface area contributed by atoms with Gasteiger partial charge in [-0.15, -0.1) is 6.42 Å². The number of halogens is 1. The zero-order chi connectivity index (χ0) is 23.4. The van der Waals surface area contributed by atoms with Gasteiger partial charge in [-0.2, -0.15) is 0 Å². The lowest BCUT2D eigenvalue weighted by Gasteiger charge is -2.12. The predicted octanol–water partition coefficient (Wildman–Crippen LogP) is 4.42. The van der Waals surface area contributed by atoms with Gasteiger partial charge in [-0.25, -0.2) is 14.4 Å². The average Bonchev–Trinajstić information content (AvgIpc) is 2.81. The van der Waals surface area contributed by atoms with Crippen molar-refractivity contribution >= 4 is 28.5 Å². The minimum atomic E-state index is -0.357.